The Kier molecular flexibility index (Phi) is 5.55. The van der Waals surface area contributed by atoms with Crippen LogP contribution < -0.4 is 4.74 Å². The molecule has 1 aliphatic carbocycles. The van der Waals surface area contributed by atoms with Gasteiger partial charge >= 0.3 is 0 Å². The highest BCUT2D eigenvalue weighted by atomic mass is 79.9. The van der Waals surface area contributed by atoms with Crippen molar-refractivity contribution in [2.24, 2.45) is 5.92 Å². The highest BCUT2D eigenvalue weighted by molar-refractivity contribution is 9.09. The van der Waals surface area contributed by atoms with Gasteiger partial charge in [0.15, 0.2) is 0 Å². The maximum absolute atomic E-state index is 5.44. The lowest BCUT2D eigenvalue weighted by molar-refractivity contribution is 0.402. The van der Waals surface area contributed by atoms with E-state index in [0.717, 1.165) is 18.1 Å². The molecule has 1 fully saturated rings. The first-order valence-corrected chi connectivity index (χ1v) is 7.99. The minimum absolute atomic E-state index is 0.590. The molecule has 1 aliphatic rings. The van der Waals surface area contributed by atoms with Crippen molar-refractivity contribution in [2.75, 3.05) is 7.11 Å². The van der Waals surface area contributed by atoms with E-state index in [1.807, 2.05) is 6.07 Å². The lowest BCUT2D eigenvalue weighted by Gasteiger charge is -2.21. The molecule has 0 amide bonds. The summed E-state index contributed by atoms with van der Waals surface area (Å²) in [6, 6.07) is 8.38. The zero-order valence-electron chi connectivity index (χ0n) is 11.2. The van der Waals surface area contributed by atoms with Gasteiger partial charge in [-0.2, -0.15) is 0 Å². The van der Waals surface area contributed by atoms with Gasteiger partial charge < -0.3 is 4.74 Å². The van der Waals surface area contributed by atoms with E-state index in [1.165, 1.54) is 44.1 Å². The summed E-state index contributed by atoms with van der Waals surface area (Å²) < 4.78 is 5.44. The number of halogens is 1. The Labute approximate surface area is 119 Å². The summed E-state index contributed by atoms with van der Waals surface area (Å²) in [5.74, 6) is 1.85. The quantitative estimate of drug-likeness (QED) is 0.563. The molecule has 0 saturated heterocycles. The monoisotopic (exact) mass is 310 g/mol. The number of benzene rings is 1. The molecule has 1 nitrogen and oxygen atoms in total. The maximum atomic E-state index is 5.44. The predicted octanol–water partition coefficient (Wildman–Crippen LogP) is 4.97. The van der Waals surface area contributed by atoms with E-state index in [-0.39, 0.29) is 0 Å². The fourth-order valence-corrected chi connectivity index (χ4v) is 3.80. The van der Waals surface area contributed by atoms with Crippen molar-refractivity contribution in [3.8, 4) is 5.75 Å². The average molecular weight is 311 g/mol. The zero-order chi connectivity index (χ0) is 12.8. The van der Waals surface area contributed by atoms with Crippen LogP contribution in [0.2, 0.25) is 0 Å². The molecular weight excluding hydrogens is 288 g/mol. The summed E-state index contributed by atoms with van der Waals surface area (Å²) in [6.45, 7) is 0. The van der Waals surface area contributed by atoms with E-state index >= 15 is 0 Å². The van der Waals surface area contributed by atoms with Crippen molar-refractivity contribution in [1.29, 1.82) is 0 Å². The number of alkyl halides is 1. The molecule has 1 saturated carbocycles. The van der Waals surface area contributed by atoms with Crippen molar-refractivity contribution < 1.29 is 4.74 Å². The smallest absolute Gasteiger partial charge is 0.122 e. The van der Waals surface area contributed by atoms with Crippen LogP contribution in [0.5, 0.6) is 5.75 Å². The van der Waals surface area contributed by atoms with Gasteiger partial charge in [-0.05, 0) is 36.8 Å². The summed E-state index contributed by atoms with van der Waals surface area (Å²) in [6.07, 6.45) is 9.48. The first kappa shape index (κ1) is 13.9. The Morgan fingerprint density at radius 1 is 1.17 bits per heavy atom. The Hall–Kier alpha value is -0.500. The standard InChI is InChI=1S/C16H23BrO/c1-18-16-11-7-6-10-14(16)12-15(17)13-8-4-2-3-5-9-13/h6-7,10-11,13,15H,2-5,8-9,12H2,1H3. The number of rotatable bonds is 4. The molecule has 1 atom stereocenters. The van der Waals surface area contributed by atoms with Crippen LogP contribution in [0.1, 0.15) is 44.1 Å². The molecule has 0 aliphatic heterocycles. The maximum Gasteiger partial charge on any atom is 0.122 e. The van der Waals surface area contributed by atoms with Crippen LogP contribution in [0.15, 0.2) is 24.3 Å². The molecule has 0 heterocycles. The largest absolute Gasteiger partial charge is 0.496 e. The van der Waals surface area contributed by atoms with Crippen molar-refractivity contribution in [1.82, 2.24) is 0 Å². The summed E-state index contributed by atoms with van der Waals surface area (Å²) in [5.41, 5.74) is 1.33. The summed E-state index contributed by atoms with van der Waals surface area (Å²) in [4.78, 5) is 0.590. The molecule has 1 aromatic rings. The van der Waals surface area contributed by atoms with Gasteiger partial charge in [0.1, 0.15) is 5.75 Å². The topological polar surface area (TPSA) is 9.23 Å². The van der Waals surface area contributed by atoms with E-state index < -0.39 is 0 Å². The lowest BCUT2D eigenvalue weighted by Crippen LogP contribution is -2.16. The van der Waals surface area contributed by atoms with Gasteiger partial charge in [-0.25, -0.2) is 0 Å². The van der Waals surface area contributed by atoms with Crippen LogP contribution in [0.25, 0.3) is 0 Å². The van der Waals surface area contributed by atoms with E-state index in [9.17, 15) is 0 Å². The number of hydrogen-bond acceptors (Lipinski definition) is 1. The van der Waals surface area contributed by atoms with Gasteiger partial charge in [0.25, 0.3) is 0 Å². The second-order valence-corrected chi connectivity index (χ2v) is 6.46. The van der Waals surface area contributed by atoms with Gasteiger partial charge in [0, 0.05) is 4.83 Å². The molecular formula is C16H23BrO. The van der Waals surface area contributed by atoms with Gasteiger partial charge in [-0.3, -0.25) is 0 Å². The minimum atomic E-state index is 0.590. The van der Waals surface area contributed by atoms with Crippen molar-refractivity contribution in [2.45, 2.75) is 49.8 Å². The third-order valence-electron chi connectivity index (χ3n) is 4.02. The summed E-state index contributed by atoms with van der Waals surface area (Å²) in [7, 11) is 1.76. The number of methoxy groups -OCH3 is 1. The predicted molar refractivity (Wildman–Crippen MR) is 80.6 cm³/mol. The second-order valence-electron chi connectivity index (χ2n) is 5.28. The average Bonchev–Trinajstić information content (AvgIpc) is 2.68. The van der Waals surface area contributed by atoms with Crippen molar-refractivity contribution in [3.63, 3.8) is 0 Å². The normalized spacial score (nSPS) is 19.2. The van der Waals surface area contributed by atoms with Crippen LogP contribution in [0, 0.1) is 5.92 Å². The Balaban J connectivity index is 1.98. The summed E-state index contributed by atoms with van der Waals surface area (Å²) in [5, 5.41) is 0. The molecule has 2 heteroatoms. The van der Waals surface area contributed by atoms with E-state index in [4.69, 9.17) is 4.74 Å². The number of para-hydroxylation sites is 1. The van der Waals surface area contributed by atoms with E-state index in [1.54, 1.807) is 7.11 Å². The number of hydrogen-bond donors (Lipinski definition) is 0. The molecule has 0 N–H and O–H groups in total. The SMILES string of the molecule is COc1ccccc1CC(Br)C1CCCCCC1. The van der Waals surface area contributed by atoms with Crippen LogP contribution in [0.3, 0.4) is 0 Å². The number of ether oxygens (including phenoxy) is 1. The van der Waals surface area contributed by atoms with Gasteiger partial charge in [-0.15, -0.1) is 0 Å². The Morgan fingerprint density at radius 3 is 2.50 bits per heavy atom. The highest BCUT2D eigenvalue weighted by Crippen LogP contribution is 2.32. The molecule has 18 heavy (non-hydrogen) atoms. The second kappa shape index (κ2) is 7.18. The molecule has 0 radical (unpaired) electrons. The Bertz CT molecular complexity index is 356. The lowest BCUT2D eigenvalue weighted by atomic mass is 9.92. The molecule has 1 aromatic carbocycles. The van der Waals surface area contributed by atoms with Gasteiger partial charge in [-0.1, -0.05) is 59.8 Å². The fourth-order valence-electron chi connectivity index (χ4n) is 2.92. The van der Waals surface area contributed by atoms with E-state index in [0.29, 0.717) is 4.83 Å². The molecule has 100 valence electrons. The van der Waals surface area contributed by atoms with Crippen molar-refractivity contribution in [3.05, 3.63) is 29.8 Å². The molecule has 0 aromatic heterocycles. The molecule has 2 rings (SSSR count). The molecule has 0 spiro atoms. The molecule has 0 bridgehead atoms. The summed E-state index contributed by atoms with van der Waals surface area (Å²) >= 11 is 3.92. The van der Waals surface area contributed by atoms with Crippen LogP contribution in [0.4, 0.5) is 0 Å². The third kappa shape index (κ3) is 3.74. The van der Waals surface area contributed by atoms with Crippen molar-refractivity contribution >= 4 is 15.9 Å². The first-order chi connectivity index (χ1) is 8.81. The zero-order valence-corrected chi connectivity index (χ0v) is 12.8. The molecule has 1 unspecified atom stereocenters. The fraction of sp³-hybridized carbons (Fsp3) is 0.625. The highest BCUT2D eigenvalue weighted by Gasteiger charge is 2.21. The first-order valence-electron chi connectivity index (χ1n) is 7.07. The van der Waals surface area contributed by atoms with Gasteiger partial charge in [0.2, 0.25) is 0 Å². The Morgan fingerprint density at radius 2 is 1.83 bits per heavy atom. The van der Waals surface area contributed by atoms with Crippen LogP contribution in [-0.2, 0) is 6.42 Å². The minimum Gasteiger partial charge on any atom is -0.496 e. The van der Waals surface area contributed by atoms with Crippen LogP contribution in [-0.4, -0.2) is 11.9 Å². The van der Waals surface area contributed by atoms with Crippen LogP contribution >= 0.6 is 15.9 Å². The van der Waals surface area contributed by atoms with Gasteiger partial charge in [0.05, 0.1) is 7.11 Å². The third-order valence-corrected chi connectivity index (χ3v) is 5.09. The van der Waals surface area contributed by atoms with E-state index in [2.05, 4.69) is 34.1 Å².